The van der Waals surface area contributed by atoms with Crippen LogP contribution in [-0.2, 0) is 33.3 Å². The third kappa shape index (κ3) is 71.4. The van der Waals surface area contributed by atoms with Gasteiger partial charge in [0.15, 0.2) is 12.4 Å². The number of carboxylic acid groups (broad SMARTS) is 1. The van der Waals surface area contributed by atoms with Crippen molar-refractivity contribution < 1.29 is 42.9 Å². The van der Waals surface area contributed by atoms with Crippen LogP contribution in [0, 0.1) is 0 Å². The SMILES string of the molecule is CC/C=C\C/C=C\C/C=C\C/C=C\C/C=C\C/C=C\C/C=C\C/C=C\C/C=C\C/C=C\CCCCC(=O)OC(COC(=O)CCCCCCCCCCCCCCCC/C=C\C/C=C\C/C=C\C/C=C\C/C=C\C/C=C\CC)COC(OCC[N+](C)(C)C)C(=O)[O-]. The molecule has 0 rings (SSSR count). The van der Waals surface area contributed by atoms with Crippen molar-refractivity contribution in [3.8, 4) is 0 Å². The van der Waals surface area contributed by atoms with Gasteiger partial charge in [-0.2, -0.15) is 0 Å². The summed E-state index contributed by atoms with van der Waals surface area (Å²) in [5, 5.41) is 11.8. The number of rotatable bonds is 63. The quantitative estimate of drug-likeness (QED) is 0.0195. The number of allylic oxidation sites excluding steroid dienone is 32. The molecule has 510 valence electrons. The van der Waals surface area contributed by atoms with Gasteiger partial charge in [-0.05, 0) is 141 Å². The third-order valence-electron chi connectivity index (χ3n) is 14.3. The molecule has 0 saturated carbocycles. The Hall–Kier alpha value is -5.87. The van der Waals surface area contributed by atoms with E-state index in [0.717, 1.165) is 141 Å². The van der Waals surface area contributed by atoms with Crippen LogP contribution in [0.25, 0.3) is 0 Å². The van der Waals surface area contributed by atoms with E-state index in [1.807, 2.05) is 21.1 Å². The number of carbonyl (C=O) groups is 3. The standard InChI is InChI=1S/C82H129NO8/c1-6-8-10-12-14-16-18-20-22-24-26-28-30-32-34-36-38-40-42-44-46-48-50-52-54-56-58-60-62-64-66-68-70-72-79(84)89-76-78(77-90-82(81(86)87)88-75-74-83(3,4)5)91-80(85)73-71-69-67-65-63-61-59-57-55-53-51-49-47-45-43-41-39-37-35-33-31-29-27-25-23-21-19-17-15-13-11-9-7-2/h8-11,14-17,20-23,26-29,32-35,38-41,45,47,51,53,57,59,63,65,78,82H,6-7,12-13,18-19,24-25,30-31,36-37,42-44,46,48-50,52,54-56,58,60-62,64,66-77H2,1-5H3/b10-8-,11-9-,16-14-,17-15-,22-20-,23-21-,28-26-,29-27-,34-32-,35-33-,40-38-,41-39-,47-45-,53-51-,59-57-,65-63-. The fourth-order valence-electron chi connectivity index (χ4n) is 8.98. The van der Waals surface area contributed by atoms with Crippen molar-refractivity contribution >= 4 is 17.9 Å². The van der Waals surface area contributed by atoms with Crippen LogP contribution in [0.2, 0.25) is 0 Å². The van der Waals surface area contributed by atoms with Crippen molar-refractivity contribution in [1.82, 2.24) is 0 Å². The van der Waals surface area contributed by atoms with E-state index in [-0.39, 0.29) is 38.6 Å². The number of hydrogen-bond donors (Lipinski definition) is 0. The number of ether oxygens (including phenoxy) is 4. The maximum atomic E-state index is 12.9. The van der Waals surface area contributed by atoms with Gasteiger partial charge in [-0.1, -0.05) is 285 Å². The molecule has 0 aliphatic heterocycles. The summed E-state index contributed by atoms with van der Waals surface area (Å²) in [6, 6.07) is 0. The van der Waals surface area contributed by atoms with Crippen LogP contribution in [0.3, 0.4) is 0 Å². The minimum Gasteiger partial charge on any atom is -0.545 e. The number of nitrogens with zero attached hydrogens (tertiary/aromatic N) is 1. The van der Waals surface area contributed by atoms with Crippen LogP contribution in [0.15, 0.2) is 194 Å². The summed E-state index contributed by atoms with van der Waals surface area (Å²) in [7, 11) is 5.90. The molecule has 0 amide bonds. The maximum Gasteiger partial charge on any atom is 0.306 e. The maximum absolute atomic E-state index is 12.9. The molecule has 0 aromatic heterocycles. The number of unbranched alkanes of at least 4 members (excludes halogenated alkanes) is 16. The van der Waals surface area contributed by atoms with Crippen LogP contribution in [0.5, 0.6) is 0 Å². The first-order valence-electron chi connectivity index (χ1n) is 35.6. The molecule has 0 aromatic rings. The molecule has 0 heterocycles. The van der Waals surface area contributed by atoms with Crippen LogP contribution in [-0.4, -0.2) is 82.3 Å². The number of quaternary nitrogens is 1. The molecule has 0 aromatic carbocycles. The first-order valence-corrected chi connectivity index (χ1v) is 35.6. The molecule has 91 heavy (non-hydrogen) atoms. The predicted molar refractivity (Wildman–Crippen MR) is 388 cm³/mol. The van der Waals surface area contributed by atoms with Gasteiger partial charge in [0.2, 0.25) is 0 Å². The molecule has 9 nitrogen and oxygen atoms in total. The summed E-state index contributed by atoms with van der Waals surface area (Å²) >= 11 is 0. The molecule has 2 unspecified atom stereocenters. The van der Waals surface area contributed by atoms with Crippen molar-refractivity contribution in [3.63, 3.8) is 0 Å². The largest absolute Gasteiger partial charge is 0.545 e. The Balaban J connectivity index is 4.26. The smallest absolute Gasteiger partial charge is 0.306 e. The van der Waals surface area contributed by atoms with E-state index in [0.29, 0.717) is 17.4 Å². The Kier molecular flexibility index (Phi) is 65.5. The summed E-state index contributed by atoms with van der Waals surface area (Å²) in [4.78, 5) is 37.5. The minimum atomic E-state index is -1.65. The Morgan fingerprint density at radius 3 is 0.901 bits per heavy atom. The predicted octanol–water partition coefficient (Wildman–Crippen LogP) is 21.2. The molecule has 0 radical (unpaired) electrons. The van der Waals surface area contributed by atoms with Crippen LogP contribution < -0.4 is 5.11 Å². The number of likely N-dealkylation sites (N-methyl/N-ethyl adjacent to an activating group) is 1. The highest BCUT2D eigenvalue weighted by molar-refractivity contribution is 5.70. The molecule has 9 heteroatoms. The summed E-state index contributed by atoms with van der Waals surface area (Å²) in [6.07, 6.45) is 105. The fourth-order valence-corrected chi connectivity index (χ4v) is 8.98. The third-order valence-corrected chi connectivity index (χ3v) is 14.3. The lowest BCUT2D eigenvalue weighted by molar-refractivity contribution is -0.870. The van der Waals surface area contributed by atoms with Gasteiger partial charge >= 0.3 is 11.9 Å². The van der Waals surface area contributed by atoms with E-state index in [9.17, 15) is 19.5 Å². The highest BCUT2D eigenvalue weighted by atomic mass is 16.7. The van der Waals surface area contributed by atoms with E-state index in [2.05, 4.69) is 208 Å². The number of hydrogen-bond acceptors (Lipinski definition) is 8. The molecule has 0 N–H and O–H groups in total. The second-order valence-corrected chi connectivity index (χ2v) is 24.1. The minimum absolute atomic E-state index is 0.129. The van der Waals surface area contributed by atoms with Crippen LogP contribution in [0.1, 0.15) is 245 Å². The molecule has 0 saturated heterocycles. The lowest BCUT2D eigenvalue weighted by Crippen LogP contribution is -2.44. The number of aliphatic carboxylic acids is 1. The first-order chi connectivity index (χ1) is 44.6. The summed E-state index contributed by atoms with van der Waals surface area (Å²) in [6.45, 7) is 4.45. The zero-order valence-electron chi connectivity index (χ0n) is 58.1. The normalized spacial score (nSPS) is 13.9. The van der Waals surface area contributed by atoms with Crippen molar-refractivity contribution in [3.05, 3.63) is 194 Å². The average Bonchev–Trinajstić information content (AvgIpc) is 3.46. The Labute approximate surface area is 557 Å². The molecular formula is C82H129NO8. The molecule has 0 aliphatic carbocycles. The second kappa shape index (κ2) is 70.0. The van der Waals surface area contributed by atoms with E-state index in [1.54, 1.807) is 0 Å². The molecule has 2 atom stereocenters. The monoisotopic (exact) mass is 1260 g/mol. The van der Waals surface area contributed by atoms with Gasteiger partial charge in [0, 0.05) is 12.8 Å². The van der Waals surface area contributed by atoms with Gasteiger partial charge < -0.3 is 33.3 Å². The van der Waals surface area contributed by atoms with E-state index in [1.165, 1.54) is 70.6 Å². The van der Waals surface area contributed by atoms with Gasteiger partial charge in [-0.15, -0.1) is 0 Å². The summed E-state index contributed by atoms with van der Waals surface area (Å²) in [5.41, 5.74) is 0. The Morgan fingerprint density at radius 1 is 0.330 bits per heavy atom. The molecule has 0 aliphatic rings. The molecule has 0 bridgehead atoms. The zero-order valence-corrected chi connectivity index (χ0v) is 58.1. The molecular weight excluding hydrogens is 1130 g/mol. The van der Waals surface area contributed by atoms with Gasteiger partial charge in [0.1, 0.15) is 13.2 Å². The van der Waals surface area contributed by atoms with Gasteiger partial charge in [-0.3, -0.25) is 9.59 Å². The topological polar surface area (TPSA) is 111 Å². The lowest BCUT2D eigenvalue weighted by Gasteiger charge is -2.26. The van der Waals surface area contributed by atoms with Crippen molar-refractivity contribution in [1.29, 1.82) is 0 Å². The van der Waals surface area contributed by atoms with E-state index >= 15 is 0 Å². The van der Waals surface area contributed by atoms with Gasteiger partial charge in [-0.25, -0.2) is 0 Å². The first kappa shape index (κ1) is 85.1. The highest BCUT2D eigenvalue weighted by Gasteiger charge is 2.22. The number of carboxylic acids is 1. The molecule has 0 spiro atoms. The molecule has 0 fully saturated rings. The van der Waals surface area contributed by atoms with Crippen molar-refractivity contribution in [2.45, 2.75) is 257 Å². The summed E-state index contributed by atoms with van der Waals surface area (Å²) < 4.78 is 22.7. The van der Waals surface area contributed by atoms with Crippen LogP contribution in [0.4, 0.5) is 0 Å². The average molecular weight is 1260 g/mol. The Morgan fingerprint density at radius 2 is 0.593 bits per heavy atom. The number of esters is 2. The highest BCUT2D eigenvalue weighted by Crippen LogP contribution is 2.15. The number of carbonyl (C=O) groups excluding carboxylic acids is 3. The Bertz CT molecular complexity index is 2200. The van der Waals surface area contributed by atoms with Gasteiger partial charge in [0.05, 0.1) is 40.3 Å². The van der Waals surface area contributed by atoms with E-state index < -0.39 is 24.3 Å². The van der Waals surface area contributed by atoms with Gasteiger partial charge in [0.25, 0.3) is 0 Å². The second-order valence-electron chi connectivity index (χ2n) is 24.1. The summed E-state index contributed by atoms with van der Waals surface area (Å²) in [5.74, 6) is -2.36. The zero-order chi connectivity index (χ0) is 66.1. The van der Waals surface area contributed by atoms with Crippen molar-refractivity contribution in [2.75, 3.05) is 47.5 Å². The van der Waals surface area contributed by atoms with E-state index in [4.69, 9.17) is 18.9 Å². The van der Waals surface area contributed by atoms with Crippen LogP contribution >= 0.6 is 0 Å². The lowest BCUT2D eigenvalue weighted by atomic mass is 10.0. The van der Waals surface area contributed by atoms with Crippen molar-refractivity contribution in [2.24, 2.45) is 0 Å². The fraction of sp³-hybridized carbons (Fsp3) is 0.573.